The normalized spacial score (nSPS) is 10.3. The van der Waals surface area contributed by atoms with Gasteiger partial charge in [-0.15, -0.1) is 10.2 Å². The minimum Gasteiger partial charge on any atom is -0.497 e. The van der Waals surface area contributed by atoms with E-state index in [2.05, 4.69) is 20.8 Å². The standard InChI is InChI=1S/C19H20N4O3/c1-25-15-5-2-4-14(12-15)9-10-20-18-8-7-17(22-23-18)19(24)21-13-16-6-3-11-26-16/h2-8,11-12H,9-10,13H2,1H3,(H,20,23)(H,21,24). The Morgan fingerprint density at radius 1 is 1.15 bits per heavy atom. The number of carbonyl (C=O) groups is 1. The molecule has 7 nitrogen and oxygen atoms in total. The quantitative estimate of drug-likeness (QED) is 0.648. The van der Waals surface area contributed by atoms with Gasteiger partial charge in [0.25, 0.3) is 5.91 Å². The molecule has 0 saturated carbocycles. The molecule has 26 heavy (non-hydrogen) atoms. The van der Waals surface area contributed by atoms with E-state index >= 15 is 0 Å². The highest BCUT2D eigenvalue weighted by molar-refractivity contribution is 5.92. The molecule has 3 rings (SSSR count). The van der Waals surface area contributed by atoms with E-state index in [1.54, 1.807) is 37.6 Å². The summed E-state index contributed by atoms with van der Waals surface area (Å²) in [5, 5.41) is 13.9. The van der Waals surface area contributed by atoms with E-state index in [4.69, 9.17) is 9.15 Å². The monoisotopic (exact) mass is 352 g/mol. The SMILES string of the molecule is COc1cccc(CCNc2ccc(C(=O)NCc3ccco3)nn2)c1. The van der Waals surface area contributed by atoms with E-state index < -0.39 is 0 Å². The smallest absolute Gasteiger partial charge is 0.272 e. The Kier molecular flexibility index (Phi) is 5.82. The number of nitrogens with one attached hydrogen (secondary N) is 2. The Balaban J connectivity index is 1.47. The van der Waals surface area contributed by atoms with Crippen LogP contribution in [0.1, 0.15) is 21.8 Å². The maximum Gasteiger partial charge on any atom is 0.272 e. The molecule has 3 aromatic rings. The predicted octanol–water partition coefficient (Wildman–Crippen LogP) is 2.66. The molecule has 0 saturated heterocycles. The minimum absolute atomic E-state index is 0.259. The molecule has 7 heteroatoms. The molecule has 2 aromatic heterocycles. The number of benzene rings is 1. The third-order valence-corrected chi connectivity index (χ3v) is 3.75. The molecular weight excluding hydrogens is 332 g/mol. The highest BCUT2D eigenvalue weighted by atomic mass is 16.5. The molecule has 1 amide bonds. The molecule has 1 aromatic carbocycles. The van der Waals surface area contributed by atoms with Gasteiger partial charge >= 0.3 is 0 Å². The van der Waals surface area contributed by atoms with Gasteiger partial charge in [-0.25, -0.2) is 0 Å². The summed E-state index contributed by atoms with van der Waals surface area (Å²) in [5.41, 5.74) is 1.42. The highest BCUT2D eigenvalue weighted by Gasteiger charge is 2.08. The van der Waals surface area contributed by atoms with E-state index in [0.29, 0.717) is 24.7 Å². The van der Waals surface area contributed by atoms with Gasteiger partial charge in [-0.1, -0.05) is 12.1 Å². The summed E-state index contributed by atoms with van der Waals surface area (Å²) in [6.45, 7) is 1.01. The van der Waals surface area contributed by atoms with Crippen LogP contribution < -0.4 is 15.4 Å². The highest BCUT2D eigenvalue weighted by Crippen LogP contribution is 2.13. The van der Waals surface area contributed by atoms with E-state index in [0.717, 1.165) is 12.2 Å². The second-order valence-electron chi connectivity index (χ2n) is 5.59. The van der Waals surface area contributed by atoms with E-state index in [-0.39, 0.29) is 11.6 Å². The molecule has 0 atom stereocenters. The van der Waals surface area contributed by atoms with Crippen LogP contribution in [0.5, 0.6) is 5.75 Å². The average Bonchev–Trinajstić information content (AvgIpc) is 3.20. The van der Waals surface area contributed by atoms with Crippen LogP contribution in [0.25, 0.3) is 0 Å². The lowest BCUT2D eigenvalue weighted by atomic mass is 10.1. The summed E-state index contributed by atoms with van der Waals surface area (Å²) in [7, 11) is 1.65. The third kappa shape index (κ3) is 4.83. The molecule has 0 bridgehead atoms. The second kappa shape index (κ2) is 8.66. The maximum atomic E-state index is 12.0. The van der Waals surface area contributed by atoms with Gasteiger partial charge in [0.2, 0.25) is 0 Å². The zero-order valence-corrected chi connectivity index (χ0v) is 14.4. The van der Waals surface area contributed by atoms with Crippen LogP contribution in [-0.4, -0.2) is 29.8 Å². The van der Waals surface area contributed by atoms with Gasteiger partial charge in [-0.3, -0.25) is 4.79 Å². The van der Waals surface area contributed by atoms with Crippen molar-refractivity contribution in [3.05, 3.63) is 71.8 Å². The fourth-order valence-electron chi connectivity index (χ4n) is 2.38. The largest absolute Gasteiger partial charge is 0.497 e. The Morgan fingerprint density at radius 2 is 2.08 bits per heavy atom. The van der Waals surface area contributed by atoms with Crippen LogP contribution in [0.2, 0.25) is 0 Å². The fraction of sp³-hybridized carbons (Fsp3) is 0.211. The summed E-state index contributed by atoms with van der Waals surface area (Å²) >= 11 is 0. The second-order valence-corrected chi connectivity index (χ2v) is 5.59. The van der Waals surface area contributed by atoms with Gasteiger partial charge in [0.15, 0.2) is 5.69 Å². The third-order valence-electron chi connectivity index (χ3n) is 3.75. The summed E-state index contributed by atoms with van der Waals surface area (Å²) in [6.07, 6.45) is 2.39. The molecule has 0 aliphatic carbocycles. The number of amides is 1. The Morgan fingerprint density at radius 3 is 2.81 bits per heavy atom. The number of nitrogens with zero attached hydrogens (tertiary/aromatic N) is 2. The predicted molar refractivity (Wildman–Crippen MR) is 97.1 cm³/mol. The molecule has 0 aliphatic heterocycles. The van der Waals surface area contributed by atoms with Gasteiger partial charge in [-0.2, -0.15) is 0 Å². The number of anilines is 1. The number of ether oxygens (including phenoxy) is 1. The molecule has 0 radical (unpaired) electrons. The average molecular weight is 352 g/mol. The lowest BCUT2D eigenvalue weighted by Crippen LogP contribution is -2.24. The number of carbonyl (C=O) groups excluding carboxylic acids is 1. The Labute approximate surface area is 151 Å². The Bertz CT molecular complexity index is 832. The van der Waals surface area contributed by atoms with Gasteiger partial charge in [0, 0.05) is 6.54 Å². The first kappa shape index (κ1) is 17.5. The van der Waals surface area contributed by atoms with Crippen LogP contribution in [0.15, 0.2) is 59.2 Å². The van der Waals surface area contributed by atoms with Crippen molar-refractivity contribution in [2.45, 2.75) is 13.0 Å². The molecule has 0 unspecified atom stereocenters. The Hall–Kier alpha value is -3.35. The van der Waals surface area contributed by atoms with Crippen molar-refractivity contribution in [1.29, 1.82) is 0 Å². The zero-order chi connectivity index (χ0) is 18.2. The van der Waals surface area contributed by atoms with Crippen LogP contribution >= 0.6 is 0 Å². The first-order chi connectivity index (χ1) is 12.7. The maximum absolute atomic E-state index is 12.0. The van der Waals surface area contributed by atoms with Crippen molar-refractivity contribution in [1.82, 2.24) is 15.5 Å². The van der Waals surface area contributed by atoms with Crippen LogP contribution in [-0.2, 0) is 13.0 Å². The first-order valence-corrected chi connectivity index (χ1v) is 8.26. The van der Waals surface area contributed by atoms with Gasteiger partial charge in [-0.05, 0) is 48.4 Å². The number of aromatic nitrogens is 2. The van der Waals surface area contributed by atoms with E-state index in [9.17, 15) is 4.79 Å². The van der Waals surface area contributed by atoms with Crippen LogP contribution in [0.3, 0.4) is 0 Å². The lowest BCUT2D eigenvalue weighted by Gasteiger charge is -2.07. The molecule has 2 heterocycles. The molecular formula is C19H20N4O3. The van der Waals surface area contributed by atoms with E-state index in [1.807, 2.05) is 24.3 Å². The molecule has 0 fully saturated rings. The van der Waals surface area contributed by atoms with Crippen molar-refractivity contribution < 1.29 is 13.9 Å². The van der Waals surface area contributed by atoms with Crippen molar-refractivity contribution >= 4 is 11.7 Å². The summed E-state index contributed by atoms with van der Waals surface area (Å²) in [4.78, 5) is 12.0. The van der Waals surface area contributed by atoms with Gasteiger partial charge in [0.1, 0.15) is 17.3 Å². The molecule has 2 N–H and O–H groups in total. The lowest BCUT2D eigenvalue weighted by molar-refractivity contribution is 0.0942. The molecule has 134 valence electrons. The number of furan rings is 1. The van der Waals surface area contributed by atoms with Crippen molar-refractivity contribution in [3.8, 4) is 5.75 Å². The topological polar surface area (TPSA) is 89.3 Å². The van der Waals surface area contributed by atoms with Gasteiger partial charge < -0.3 is 19.8 Å². The number of hydrogen-bond acceptors (Lipinski definition) is 6. The molecule has 0 spiro atoms. The number of hydrogen-bond donors (Lipinski definition) is 2. The van der Waals surface area contributed by atoms with Crippen molar-refractivity contribution in [3.63, 3.8) is 0 Å². The van der Waals surface area contributed by atoms with E-state index in [1.165, 1.54) is 5.56 Å². The van der Waals surface area contributed by atoms with Crippen molar-refractivity contribution in [2.24, 2.45) is 0 Å². The zero-order valence-electron chi connectivity index (χ0n) is 14.4. The first-order valence-electron chi connectivity index (χ1n) is 8.26. The summed E-state index contributed by atoms with van der Waals surface area (Å²) in [5.74, 6) is 1.85. The number of methoxy groups -OCH3 is 1. The minimum atomic E-state index is -0.295. The van der Waals surface area contributed by atoms with Crippen molar-refractivity contribution in [2.75, 3.05) is 19.0 Å². The van der Waals surface area contributed by atoms with Gasteiger partial charge in [0.05, 0.1) is 19.9 Å². The molecule has 0 aliphatic rings. The fourth-order valence-corrected chi connectivity index (χ4v) is 2.38. The summed E-state index contributed by atoms with van der Waals surface area (Å²) in [6, 6.07) is 14.9. The number of rotatable bonds is 8. The van der Waals surface area contributed by atoms with Crippen LogP contribution in [0.4, 0.5) is 5.82 Å². The summed E-state index contributed by atoms with van der Waals surface area (Å²) < 4.78 is 10.4. The van der Waals surface area contributed by atoms with Crippen LogP contribution in [0, 0.1) is 0 Å².